The van der Waals surface area contributed by atoms with Gasteiger partial charge in [0.15, 0.2) is 5.82 Å². The molecule has 43 heavy (non-hydrogen) atoms. The van der Waals surface area contributed by atoms with E-state index >= 15 is 0 Å². The van der Waals surface area contributed by atoms with E-state index in [1.54, 1.807) is 7.11 Å². The maximum absolute atomic E-state index is 12.5. The average molecular weight is 584 g/mol. The number of hydroxylamine groups is 1. The van der Waals surface area contributed by atoms with E-state index in [9.17, 15) is 4.79 Å². The molecule has 1 aliphatic carbocycles. The molecule has 10 heteroatoms. The molecule has 0 spiro atoms. The molecule has 3 aromatic rings. The summed E-state index contributed by atoms with van der Waals surface area (Å²) in [5, 5.41) is 8.30. The van der Waals surface area contributed by atoms with Crippen LogP contribution < -0.4 is 25.3 Å². The lowest BCUT2D eigenvalue weighted by atomic mass is 10.0. The number of rotatable bonds is 10. The van der Waals surface area contributed by atoms with Gasteiger partial charge in [-0.15, -0.1) is 0 Å². The number of nitrogens with one attached hydrogen (secondary N) is 2. The zero-order chi connectivity index (χ0) is 29.6. The molecular weight excluding hydrogens is 542 g/mol. The first kappa shape index (κ1) is 28.9. The molecule has 1 atom stereocenters. The largest absolute Gasteiger partial charge is 0.494 e. The number of carbonyl (C=O) groups excluding carboxylic acids is 1. The number of hydrogen-bond donors (Lipinski definition) is 2. The molecule has 2 aromatic carbocycles. The quantitative estimate of drug-likeness (QED) is 0.314. The lowest BCUT2D eigenvalue weighted by Crippen LogP contribution is -2.49. The Balaban J connectivity index is 1.22. The van der Waals surface area contributed by atoms with Gasteiger partial charge in [-0.25, -0.2) is 15.0 Å². The number of carbonyl (C=O) groups is 1. The Labute approximate surface area is 253 Å². The molecule has 2 N–H and O–H groups in total. The first-order chi connectivity index (χ1) is 21.1. The number of methoxy groups -OCH3 is 1. The van der Waals surface area contributed by atoms with Gasteiger partial charge in [0.1, 0.15) is 17.9 Å². The fourth-order valence-corrected chi connectivity index (χ4v) is 6.49. The number of nitrogens with zero attached hydrogens (tertiary/aromatic N) is 5. The van der Waals surface area contributed by atoms with E-state index in [1.165, 1.54) is 43.7 Å². The van der Waals surface area contributed by atoms with Crippen LogP contribution in [0.2, 0.25) is 0 Å². The van der Waals surface area contributed by atoms with Crippen molar-refractivity contribution in [2.24, 2.45) is 0 Å². The van der Waals surface area contributed by atoms with Crippen LogP contribution >= 0.6 is 0 Å². The smallest absolute Gasteiger partial charge is 0.247 e. The predicted molar refractivity (Wildman–Crippen MR) is 170 cm³/mol. The Kier molecular flexibility index (Phi) is 9.04. The maximum atomic E-state index is 12.5. The molecule has 0 unspecified atom stereocenters. The number of piperazine rings is 1. The van der Waals surface area contributed by atoms with Gasteiger partial charge in [-0.05, 0) is 43.4 Å². The second kappa shape index (κ2) is 13.4. The van der Waals surface area contributed by atoms with E-state index in [0.717, 1.165) is 44.7 Å². The second-order valence-electron chi connectivity index (χ2n) is 11.4. The molecule has 1 amide bonds. The minimum atomic E-state index is -0.262. The summed E-state index contributed by atoms with van der Waals surface area (Å²) in [5.74, 6) is 1.68. The van der Waals surface area contributed by atoms with Gasteiger partial charge in [0.05, 0.1) is 36.8 Å². The Hall–Kier alpha value is -4.15. The Morgan fingerprint density at radius 2 is 1.84 bits per heavy atom. The predicted octanol–water partition coefficient (Wildman–Crippen LogP) is 5.17. The highest BCUT2D eigenvalue weighted by molar-refractivity contribution is 6.02. The third kappa shape index (κ3) is 6.76. The summed E-state index contributed by atoms with van der Waals surface area (Å²) in [6.07, 6.45) is 9.88. The Morgan fingerprint density at radius 3 is 2.58 bits per heavy atom. The van der Waals surface area contributed by atoms with Crippen LogP contribution in [0, 0.1) is 0 Å². The summed E-state index contributed by atoms with van der Waals surface area (Å²) in [5.41, 5.74) is 3.57. The van der Waals surface area contributed by atoms with Gasteiger partial charge in [-0.2, -0.15) is 0 Å². The molecule has 10 nitrogen and oxygen atoms in total. The molecule has 3 fully saturated rings. The summed E-state index contributed by atoms with van der Waals surface area (Å²) in [6.45, 7) is 8.08. The molecule has 6 rings (SSSR count). The van der Waals surface area contributed by atoms with E-state index in [-0.39, 0.29) is 11.9 Å². The van der Waals surface area contributed by atoms with Gasteiger partial charge >= 0.3 is 0 Å². The van der Waals surface area contributed by atoms with Crippen molar-refractivity contribution in [3.63, 3.8) is 0 Å². The zero-order valence-electron chi connectivity index (χ0n) is 24.9. The Bertz CT molecular complexity index is 1400. The van der Waals surface area contributed by atoms with Crippen molar-refractivity contribution in [3.05, 3.63) is 73.1 Å². The van der Waals surface area contributed by atoms with E-state index in [4.69, 9.17) is 9.57 Å². The van der Waals surface area contributed by atoms with Gasteiger partial charge in [0.2, 0.25) is 5.91 Å². The van der Waals surface area contributed by atoms with Crippen LogP contribution in [0.3, 0.4) is 0 Å². The zero-order valence-corrected chi connectivity index (χ0v) is 24.9. The van der Waals surface area contributed by atoms with Crippen LogP contribution in [0.15, 0.2) is 67.5 Å². The summed E-state index contributed by atoms with van der Waals surface area (Å²) in [7, 11) is 1.65. The highest BCUT2D eigenvalue weighted by Gasteiger charge is 2.29. The topological polar surface area (TPSA) is 95.1 Å². The number of hydrogen-bond acceptors (Lipinski definition) is 9. The standard InChI is InChI=1S/C33H41N7O3/c1-3-33(41)37-27-20-28(30(42-2)21-29(27)39-16-14-38(15-17-39)25-11-7-8-12-25)36-31-22-32(35-23-34-31)40-26(13-18-43-40)19-24-9-5-4-6-10-24/h3-6,9-10,20-23,25-26H,1,7-8,11-19H2,2H3,(H,37,41)(H,34,35,36)/t26-/m1/s1. The minimum Gasteiger partial charge on any atom is -0.494 e. The van der Waals surface area contributed by atoms with Crippen LogP contribution in [0.5, 0.6) is 5.75 Å². The van der Waals surface area contributed by atoms with Crippen molar-refractivity contribution in [1.29, 1.82) is 0 Å². The second-order valence-corrected chi connectivity index (χ2v) is 11.4. The average Bonchev–Trinajstić information content (AvgIpc) is 3.75. The van der Waals surface area contributed by atoms with Crippen molar-refractivity contribution in [2.45, 2.75) is 50.6 Å². The molecule has 2 saturated heterocycles. The third-order valence-electron chi connectivity index (χ3n) is 8.73. The summed E-state index contributed by atoms with van der Waals surface area (Å²) in [4.78, 5) is 32.4. The van der Waals surface area contributed by atoms with Crippen molar-refractivity contribution < 1.29 is 14.4 Å². The lowest BCUT2D eigenvalue weighted by Gasteiger charge is -2.40. The first-order valence-electron chi connectivity index (χ1n) is 15.3. The van der Waals surface area contributed by atoms with Crippen LogP contribution in [0.4, 0.5) is 28.7 Å². The van der Waals surface area contributed by atoms with Gasteiger partial charge < -0.3 is 20.3 Å². The number of ether oxygens (including phenoxy) is 1. The molecule has 3 aliphatic rings. The fourth-order valence-electron chi connectivity index (χ4n) is 6.49. The Morgan fingerprint density at radius 1 is 1.05 bits per heavy atom. The van der Waals surface area contributed by atoms with Crippen molar-refractivity contribution >= 4 is 34.6 Å². The number of benzene rings is 2. The number of anilines is 5. The monoisotopic (exact) mass is 583 g/mol. The fraction of sp³-hybridized carbons (Fsp3) is 0.424. The highest BCUT2D eigenvalue weighted by atomic mass is 16.7. The summed E-state index contributed by atoms with van der Waals surface area (Å²) in [6, 6.07) is 17.1. The van der Waals surface area contributed by atoms with Crippen LogP contribution in [0.25, 0.3) is 0 Å². The molecule has 3 heterocycles. The molecule has 226 valence electrons. The summed E-state index contributed by atoms with van der Waals surface area (Å²) >= 11 is 0. The van der Waals surface area contributed by atoms with Gasteiger partial charge in [0.25, 0.3) is 0 Å². The molecular formula is C33H41N7O3. The van der Waals surface area contributed by atoms with Gasteiger partial charge in [0, 0.05) is 44.4 Å². The molecule has 0 bridgehead atoms. The minimum absolute atomic E-state index is 0.175. The van der Waals surface area contributed by atoms with Crippen molar-refractivity contribution in [2.75, 3.05) is 60.5 Å². The van der Waals surface area contributed by atoms with E-state index in [2.05, 4.69) is 61.2 Å². The molecule has 1 aromatic heterocycles. The SMILES string of the molecule is C=CC(=O)Nc1cc(Nc2cc(N3OCC[C@@H]3Cc3ccccc3)ncn2)c(OC)cc1N1CCN(C2CCCC2)CC1. The van der Waals surface area contributed by atoms with Crippen molar-refractivity contribution in [3.8, 4) is 5.75 Å². The highest BCUT2D eigenvalue weighted by Crippen LogP contribution is 2.39. The van der Waals surface area contributed by atoms with Crippen LogP contribution in [-0.2, 0) is 16.1 Å². The summed E-state index contributed by atoms with van der Waals surface area (Å²) < 4.78 is 5.84. The lowest BCUT2D eigenvalue weighted by molar-refractivity contribution is -0.111. The van der Waals surface area contributed by atoms with E-state index in [0.29, 0.717) is 41.4 Å². The van der Waals surface area contributed by atoms with Gasteiger partial charge in [-0.1, -0.05) is 49.8 Å². The molecule has 2 aliphatic heterocycles. The third-order valence-corrected chi connectivity index (χ3v) is 8.73. The number of aromatic nitrogens is 2. The molecule has 0 radical (unpaired) electrons. The van der Waals surface area contributed by atoms with Gasteiger partial charge in [-0.3, -0.25) is 14.5 Å². The molecule has 1 saturated carbocycles. The van der Waals surface area contributed by atoms with Crippen LogP contribution in [-0.4, -0.2) is 72.8 Å². The normalized spacial score (nSPS) is 19.4. The van der Waals surface area contributed by atoms with E-state index < -0.39 is 0 Å². The maximum Gasteiger partial charge on any atom is 0.247 e. The first-order valence-corrected chi connectivity index (χ1v) is 15.3. The van der Waals surface area contributed by atoms with Crippen LogP contribution in [0.1, 0.15) is 37.7 Å². The van der Waals surface area contributed by atoms with Crippen molar-refractivity contribution in [1.82, 2.24) is 14.9 Å². The van der Waals surface area contributed by atoms with E-state index in [1.807, 2.05) is 29.3 Å². The number of amides is 1.